The van der Waals surface area contributed by atoms with Gasteiger partial charge in [0.25, 0.3) is 0 Å². The summed E-state index contributed by atoms with van der Waals surface area (Å²) in [5.74, 6) is 1.36. The van der Waals surface area contributed by atoms with E-state index in [0.717, 1.165) is 48.9 Å². The Kier molecular flexibility index (Phi) is 6.89. The first kappa shape index (κ1) is 21.4. The quantitative estimate of drug-likeness (QED) is 0.579. The molecule has 1 N–H and O–H groups in total. The molecule has 1 aromatic heterocycles. The van der Waals surface area contributed by atoms with Gasteiger partial charge >= 0.3 is 0 Å². The summed E-state index contributed by atoms with van der Waals surface area (Å²) in [6, 6.07) is 15.6. The summed E-state index contributed by atoms with van der Waals surface area (Å²) in [5.41, 5.74) is 2.78. The first-order valence-corrected chi connectivity index (χ1v) is 11.0. The van der Waals surface area contributed by atoms with Crippen LogP contribution < -0.4 is 10.2 Å². The van der Waals surface area contributed by atoms with Crippen molar-refractivity contribution >= 4 is 28.9 Å². The molecule has 0 spiro atoms. The third-order valence-corrected chi connectivity index (χ3v) is 5.72. The molecule has 0 unspecified atom stereocenters. The number of amides is 1. The molecule has 6 nitrogen and oxygen atoms in total. The number of nitrogens with zero attached hydrogens (tertiary/aromatic N) is 3. The number of carbonyl (C=O) groups is 1. The Bertz CT molecular complexity index is 1010. The van der Waals surface area contributed by atoms with E-state index < -0.39 is 0 Å². The second kappa shape index (κ2) is 9.98. The second-order valence-corrected chi connectivity index (χ2v) is 8.27. The van der Waals surface area contributed by atoms with Gasteiger partial charge in [0.15, 0.2) is 11.7 Å². The van der Waals surface area contributed by atoms with Crippen molar-refractivity contribution in [3.63, 3.8) is 0 Å². The first-order valence-electron chi connectivity index (χ1n) is 10.6. The van der Waals surface area contributed by atoms with Crippen molar-refractivity contribution in [3.8, 4) is 11.3 Å². The normalized spacial score (nSPS) is 14.6. The number of oxazole rings is 1. The number of benzene rings is 2. The minimum atomic E-state index is -0.0347. The van der Waals surface area contributed by atoms with Crippen molar-refractivity contribution in [2.45, 2.75) is 19.3 Å². The molecule has 0 aliphatic carbocycles. The fourth-order valence-corrected chi connectivity index (χ4v) is 3.88. The number of halogens is 1. The third kappa shape index (κ3) is 5.66. The largest absolute Gasteiger partial charge is 0.441 e. The van der Waals surface area contributed by atoms with Crippen molar-refractivity contribution < 1.29 is 9.21 Å². The number of anilines is 2. The highest BCUT2D eigenvalue weighted by atomic mass is 35.5. The topological polar surface area (TPSA) is 61.6 Å². The number of nitrogens with one attached hydrogen (secondary N) is 1. The van der Waals surface area contributed by atoms with E-state index in [1.165, 1.54) is 0 Å². The van der Waals surface area contributed by atoms with Gasteiger partial charge in [-0.1, -0.05) is 41.9 Å². The van der Waals surface area contributed by atoms with Crippen molar-refractivity contribution in [1.29, 1.82) is 0 Å². The van der Waals surface area contributed by atoms with E-state index in [-0.39, 0.29) is 5.91 Å². The van der Waals surface area contributed by atoms with Gasteiger partial charge in [-0.3, -0.25) is 4.79 Å². The smallest absolute Gasteiger partial charge is 0.224 e. The number of hydrogen-bond donors (Lipinski definition) is 1. The Morgan fingerprint density at radius 1 is 1.13 bits per heavy atom. The highest BCUT2D eigenvalue weighted by molar-refractivity contribution is 6.31. The maximum absolute atomic E-state index is 12.6. The molecule has 0 atom stereocenters. The Balaban J connectivity index is 1.32. The third-order valence-electron chi connectivity index (χ3n) is 5.48. The monoisotopic (exact) mass is 438 g/mol. The van der Waals surface area contributed by atoms with E-state index >= 15 is 0 Å². The zero-order valence-electron chi connectivity index (χ0n) is 17.7. The fourth-order valence-electron chi connectivity index (χ4n) is 3.71. The molecule has 2 aromatic carbocycles. The summed E-state index contributed by atoms with van der Waals surface area (Å²) in [7, 11) is 2.12. The molecule has 1 amide bonds. The first-order chi connectivity index (χ1) is 15.1. The highest BCUT2D eigenvalue weighted by Crippen LogP contribution is 2.30. The van der Waals surface area contributed by atoms with Crippen LogP contribution in [0.1, 0.15) is 18.7 Å². The Morgan fingerprint density at radius 2 is 1.90 bits per heavy atom. The second-order valence-electron chi connectivity index (χ2n) is 7.84. The zero-order chi connectivity index (χ0) is 21.6. The Labute approximate surface area is 187 Å². The summed E-state index contributed by atoms with van der Waals surface area (Å²) in [6.45, 7) is 3.85. The molecule has 1 saturated heterocycles. The summed E-state index contributed by atoms with van der Waals surface area (Å²) < 4.78 is 5.82. The van der Waals surface area contributed by atoms with Crippen LogP contribution in [-0.4, -0.2) is 49.0 Å². The molecule has 2 heterocycles. The molecule has 1 fully saturated rings. The standard InChI is InChI=1S/C24H27ClN4O2/c1-28-12-14-29(15-13-28)21-11-10-19(25)16-20(21)27-23(30)8-5-9-24-26-17-22(31-24)18-6-3-2-4-7-18/h2-4,6-7,10-11,16-17H,5,8-9,12-15H2,1H3,(H,27,30). The van der Waals surface area contributed by atoms with Crippen LogP contribution in [-0.2, 0) is 11.2 Å². The van der Waals surface area contributed by atoms with Gasteiger partial charge in [-0.05, 0) is 31.7 Å². The molecule has 0 radical (unpaired) electrons. The summed E-state index contributed by atoms with van der Waals surface area (Å²) >= 11 is 6.20. The molecule has 31 heavy (non-hydrogen) atoms. The average molecular weight is 439 g/mol. The van der Waals surface area contributed by atoms with Crippen LogP contribution in [0.25, 0.3) is 11.3 Å². The molecular weight excluding hydrogens is 412 g/mol. The molecule has 0 bridgehead atoms. The van der Waals surface area contributed by atoms with Gasteiger partial charge in [-0.2, -0.15) is 0 Å². The van der Waals surface area contributed by atoms with Gasteiger partial charge in [0.1, 0.15) is 0 Å². The maximum Gasteiger partial charge on any atom is 0.224 e. The van der Waals surface area contributed by atoms with Crippen molar-refractivity contribution in [2.24, 2.45) is 0 Å². The summed E-state index contributed by atoms with van der Waals surface area (Å²) in [6.07, 6.45) is 3.39. The molecule has 162 valence electrons. The van der Waals surface area contributed by atoms with Crippen LogP contribution in [0.4, 0.5) is 11.4 Å². The zero-order valence-corrected chi connectivity index (χ0v) is 18.4. The Morgan fingerprint density at radius 3 is 2.68 bits per heavy atom. The lowest BCUT2D eigenvalue weighted by molar-refractivity contribution is -0.116. The lowest BCUT2D eigenvalue weighted by atomic mass is 10.2. The number of rotatable bonds is 7. The van der Waals surface area contributed by atoms with E-state index in [4.69, 9.17) is 16.0 Å². The molecule has 1 aliphatic rings. The van der Waals surface area contributed by atoms with Crippen LogP contribution in [0.3, 0.4) is 0 Å². The maximum atomic E-state index is 12.6. The molecule has 7 heteroatoms. The summed E-state index contributed by atoms with van der Waals surface area (Å²) in [5, 5.41) is 3.66. The van der Waals surface area contributed by atoms with E-state index in [2.05, 4.69) is 27.1 Å². The number of carbonyl (C=O) groups excluding carboxylic acids is 1. The predicted octanol–water partition coefficient (Wildman–Crippen LogP) is 4.71. The van der Waals surface area contributed by atoms with Crippen LogP contribution in [0, 0.1) is 0 Å². The van der Waals surface area contributed by atoms with Gasteiger partial charge in [0.05, 0.1) is 17.6 Å². The minimum absolute atomic E-state index is 0.0347. The average Bonchev–Trinajstić information content (AvgIpc) is 3.24. The van der Waals surface area contributed by atoms with Gasteiger partial charge in [0, 0.05) is 49.6 Å². The van der Waals surface area contributed by atoms with E-state index in [0.29, 0.717) is 30.2 Å². The van der Waals surface area contributed by atoms with Crippen LogP contribution in [0.2, 0.25) is 5.02 Å². The molecule has 1 aliphatic heterocycles. The van der Waals surface area contributed by atoms with E-state index in [1.807, 2.05) is 48.5 Å². The number of aryl methyl sites for hydroxylation is 1. The molecule has 0 saturated carbocycles. The Hall–Kier alpha value is -2.83. The lowest BCUT2D eigenvalue weighted by Gasteiger charge is -2.35. The number of piperazine rings is 1. The lowest BCUT2D eigenvalue weighted by Crippen LogP contribution is -2.44. The SMILES string of the molecule is CN1CCN(c2ccc(Cl)cc2NC(=O)CCCc2ncc(-c3ccccc3)o2)CC1. The molecular formula is C24H27ClN4O2. The van der Waals surface area contributed by atoms with Crippen molar-refractivity contribution in [1.82, 2.24) is 9.88 Å². The molecule has 3 aromatic rings. The number of likely N-dealkylation sites (N-methyl/N-ethyl adjacent to an activating group) is 1. The van der Waals surface area contributed by atoms with Crippen LogP contribution in [0.5, 0.6) is 0 Å². The van der Waals surface area contributed by atoms with Gasteiger partial charge in [-0.15, -0.1) is 0 Å². The van der Waals surface area contributed by atoms with E-state index in [1.54, 1.807) is 6.20 Å². The highest BCUT2D eigenvalue weighted by Gasteiger charge is 2.18. The predicted molar refractivity (Wildman–Crippen MR) is 125 cm³/mol. The summed E-state index contributed by atoms with van der Waals surface area (Å²) in [4.78, 5) is 21.5. The van der Waals surface area contributed by atoms with Gasteiger partial charge < -0.3 is 19.5 Å². The number of hydrogen-bond acceptors (Lipinski definition) is 5. The van der Waals surface area contributed by atoms with Gasteiger partial charge in [-0.25, -0.2) is 4.98 Å². The van der Waals surface area contributed by atoms with Gasteiger partial charge in [0.2, 0.25) is 5.91 Å². The van der Waals surface area contributed by atoms with Crippen molar-refractivity contribution in [3.05, 3.63) is 65.6 Å². The minimum Gasteiger partial charge on any atom is -0.441 e. The van der Waals surface area contributed by atoms with Crippen LogP contribution >= 0.6 is 11.6 Å². The molecule has 4 rings (SSSR count). The van der Waals surface area contributed by atoms with E-state index in [9.17, 15) is 4.79 Å². The fraction of sp³-hybridized carbons (Fsp3) is 0.333. The van der Waals surface area contributed by atoms with Crippen molar-refractivity contribution in [2.75, 3.05) is 43.4 Å². The number of aromatic nitrogens is 1. The van der Waals surface area contributed by atoms with Crippen LogP contribution in [0.15, 0.2) is 59.1 Å².